The maximum absolute atomic E-state index is 12.0. The molecule has 0 bridgehead atoms. The van der Waals surface area contributed by atoms with Crippen LogP contribution in [0.15, 0.2) is 18.2 Å². The SMILES string of the molecule is COc1ccc(OC)c(NC(=O)CC(C(=O)O)N(C)C)c1. The van der Waals surface area contributed by atoms with Gasteiger partial charge in [0, 0.05) is 6.07 Å². The van der Waals surface area contributed by atoms with Gasteiger partial charge in [-0.15, -0.1) is 0 Å². The number of rotatable bonds is 7. The van der Waals surface area contributed by atoms with Gasteiger partial charge in [0.15, 0.2) is 0 Å². The van der Waals surface area contributed by atoms with Crippen LogP contribution in [0.2, 0.25) is 0 Å². The van der Waals surface area contributed by atoms with Crippen molar-refractivity contribution in [3.8, 4) is 11.5 Å². The van der Waals surface area contributed by atoms with Crippen LogP contribution < -0.4 is 14.8 Å². The Hall–Kier alpha value is -2.28. The highest BCUT2D eigenvalue weighted by atomic mass is 16.5. The number of methoxy groups -OCH3 is 2. The highest BCUT2D eigenvalue weighted by molar-refractivity contribution is 5.95. The summed E-state index contributed by atoms with van der Waals surface area (Å²) >= 11 is 0. The lowest BCUT2D eigenvalue weighted by molar-refractivity contribution is -0.144. The molecule has 1 amide bonds. The second-order valence-corrected chi connectivity index (χ2v) is 4.64. The number of carbonyl (C=O) groups is 2. The number of nitrogens with zero attached hydrogens (tertiary/aromatic N) is 1. The average Bonchev–Trinajstić information content (AvgIpc) is 2.43. The van der Waals surface area contributed by atoms with E-state index >= 15 is 0 Å². The third-order valence-corrected chi connectivity index (χ3v) is 2.97. The lowest BCUT2D eigenvalue weighted by Gasteiger charge is -2.19. The quantitative estimate of drug-likeness (QED) is 0.782. The molecule has 0 aliphatic carbocycles. The zero-order chi connectivity index (χ0) is 16.0. The Morgan fingerprint density at radius 3 is 2.43 bits per heavy atom. The second-order valence-electron chi connectivity index (χ2n) is 4.64. The topological polar surface area (TPSA) is 88.1 Å². The molecule has 0 saturated carbocycles. The van der Waals surface area contributed by atoms with Crippen molar-refractivity contribution in [1.82, 2.24) is 4.90 Å². The fourth-order valence-electron chi connectivity index (χ4n) is 1.78. The number of anilines is 1. The summed E-state index contributed by atoms with van der Waals surface area (Å²) in [5.74, 6) is -0.426. The first-order valence-electron chi connectivity index (χ1n) is 6.30. The summed E-state index contributed by atoms with van der Waals surface area (Å²) in [6, 6.07) is 4.09. The number of benzene rings is 1. The van der Waals surface area contributed by atoms with E-state index in [2.05, 4.69) is 5.32 Å². The summed E-state index contributed by atoms with van der Waals surface area (Å²) in [6.07, 6.45) is -0.164. The molecular formula is C14H20N2O5. The van der Waals surface area contributed by atoms with Crippen molar-refractivity contribution >= 4 is 17.6 Å². The molecule has 0 spiro atoms. The fourth-order valence-corrected chi connectivity index (χ4v) is 1.78. The van der Waals surface area contributed by atoms with Gasteiger partial charge in [-0.2, -0.15) is 0 Å². The number of likely N-dealkylation sites (N-methyl/N-ethyl adjacent to an activating group) is 1. The fraction of sp³-hybridized carbons (Fsp3) is 0.429. The Morgan fingerprint density at radius 2 is 1.95 bits per heavy atom. The number of carbonyl (C=O) groups excluding carboxylic acids is 1. The zero-order valence-electron chi connectivity index (χ0n) is 12.5. The molecule has 0 fully saturated rings. The average molecular weight is 296 g/mol. The molecule has 116 valence electrons. The van der Waals surface area contributed by atoms with Crippen molar-refractivity contribution in [2.24, 2.45) is 0 Å². The Labute approximate surface area is 123 Å². The van der Waals surface area contributed by atoms with Gasteiger partial charge in [-0.05, 0) is 26.2 Å². The van der Waals surface area contributed by atoms with Crippen LogP contribution in [0.4, 0.5) is 5.69 Å². The first-order chi connectivity index (χ1) is 9.88. The number of carboxylic acid groups (broad SMARTS) is 1. The van der Waals surface area contributed by atoms with Gasteiger partial charge in [0.05, 0.1) is 26.3 Å². The van der Waals surface area contributed by atoms with E-state index in [0.717, 1.165) is 0 Å². The van der Waals surface area contributed by atoms with Crippen LogP contribution in [0.5, 0.6) is 11.5 Å². The first-order valence-corrected chi connectivity index (χ1v) is 6.30. The number of ether oxygens (including phenoxy) is 2. The highest BCUT2D eigenvalue weighted by Gasteiger charge is 2.23. The van der Waals surface area contributed by atoms with E-state index in [-0.39, 0.29) is 6.42 Å². The van der Waals surface area contributed by atoms with Gasteiger partial charge in [0.1, 0.15) is 17.5 Å². The van der Waals surface area contributed by atoms with Gasteiger partial charge < -0.3 is 19.9 Å². The minimum Gasteiger partial charge on any atom is -0.497 e. The van der Waals surface area contributed by atoms with E-state index in [0.29, 0.717) is 17.2 Å². The van der Waals surface area contributed by atoms with Crippen LogP contribution in [0, 0.1) is 0 Å². The van der Waals surface area contributed by atoms with Gasteiger partial charge in [-0.1, -0.05) is 0 Å². The Bertz CT molecular complexity index is 516. The van der Waals surface area contributed by atoms with E-state index in [1.165, 1.54) is 19.1 Å². The monoisotopic (exact) mass is 296 g/mol. The Morgan fingerprint density at radius 1 is 1.29 bits per heavy atom. The van der Waals surface area contributed by atoms with Crippen molar-refractivity contribution in [2.45, 2.75) is 12.5 Å². The summed E-state index contributed by atoms with van der Waals surface area (Å²) in [6.45, 7) is 0. The van der Waals surface area contributed by atoms with Crippen molar-refractivity contribution in [3.05, 3.63) is 18.2 Å². The summed E-state index contributed by atoms with van der Waals surface area (Å²) in [5, 5.41) is 11.7. The number of amides is 1. The number of carboxylic acids is 1. The molecule has 1 aromatic rings. The van der Waals surface area contributed by atoms with Crippen LogP contribution >= 0.6 is 0 Å². The van der Waals surface area contributed by atoms with E-state index in [4.69, 9.17) is 14.6 Å². The van der Waals surface area contributed by atoms with Gasteiger partial charge in [0.25, 0.3) is 0 Å². The van der Waals surface area contributed by atoms with Crippen LogP contribution in [0.3, 0.4) is 0 Å². The van der Waals surface area contributed by atoms with E-state index in [1.807, 2.05) is 0 Å². The molecule has 0 heterocycles. The summed E-state index contributed by atoms with van der Waals surface area (Å²) < 4.78 is 10.2. The highest BCUT2D eigenvalue weighted by Crippen LogP contribution is 2.29. The van der Waals surface area contributed by atoms with Crippen LogP contribution in [0.25, 0.3) is 0 Å². The molecule has 1 rings (SSSR count). The minimum atomic E-state index is -1.05. The molecule has 7 nitrogen and oxygen atoms in total. The maximum Gasteiger partial charge on any atom is 0.321 e. The summed E-state index contributed by atoms with van der Waals surface area (Å²) in [5.41, 5.74) is 0.435. The van der Waals surface area contributed by atoms with E-state index < -0.39 is 17.9 Å². The molecule has 0 aliphatic heterocycles. The van der Waals surface area contributed by atoms with Crippen molar-refractivity contribution in [3.63, 3.8) is 0 Å². The molecule has 7 heteroatoms. The molecule has 2 N–H and O–H groups in total. The minimum absolute atomic E-state index is 0.164. The molecule has 0 saturated heterocycles. The summed E-state index contributed by atoms with van der Waals surface area (Å²) in [7, 11) is 6.22. The largest absolute Gasteiger partial charge is 0.497 e. The second kappa shape index (κ2) is 7.49. The molecule has 21 heavy (non-hydrogen) atoms. The zero-order valence-corrected chi connectivity index (χ0v) is 12.5. The smallest absolute Gasteiger partial charge is 0.321 e. The standard InChI is InChI=1S/C14H20N2O5/c1-16(2)11(14(18)19)8-13(17)15-10-7-9(20-3)5-6-12(10)21-4/h5-7,11H,8H2,1-4H3,(H,15,17)(H,18,19). The third-order valence-electron chi connectivity index (χ3n) is 2.97. The molecular weight excluding hydrogens is 276 g/mol. The third kappa shape index (κ3) is 4.64. The number of hydrogen-bond acceptors (Lipinski definition) is 5. The number of hydrogen-bond donors (Lipinski definition) is 2. The lowest BCUT2D eigenvalue weighted by atomic mass is 10.1. The molecule has 0 radical (unpaired) electrons. The lowest BCUT2D eigenvalue weighted by Crippen LogP contribution is -2.38. The van der Waals surface area contributed by atoms with Gasteiger partial charge in [-0.3, -0.25) is 14.5 Å². The number of nitrogens with one attached hydrogen (secondary N) is 1. The molecule has 0 aromatic heterocycles. The molecule has 0 aliphatic rings. The van der Waals surface area contributed by atoms with Crippen LogP contribution in [-0.4, -0.2) is 56.2 Å². The molecule has 1 unspecified atom stereocenters. The van der Waals surface area contributed by atoms with Crippen LogP contribution in [-0.2, 0) is 9.59 Å². The Kier molecular flexibility index (Phi) is 5.98. The maximum atomic E-state index is 12.0. The summed E-state index contributed by atoms with van der Waals surface area (Å²) in [4.78, 5) is 24.6. The predicted molar refractivity (Wildman–Crippen MR) is 77.9 cm³/mol. The molecule has 1 atom stereocenters. The van der Waals surface area contributed by atoms with E-state index in [1.54, 1.807) is 32.3 Å². The van der Waals surface area contributed by atoms with Gasteiger partial charge in [0.2, 0.25) is 5.91 Å². The normalized spacial score (nSPS) is 11.9. The molecule has 1 aromatic carbocycles. The van der Waals surface area contributed by atoms with Gasteiger partial charge in [-0.25, -0.2) is 0 Å². The Balaban J connectivity index is 2.85. The first kappa shape index (κ1) is 16.8. The van der Waals surface area contributed by atoms with Crippen molar-refractivity contribution in [1.29, 1.82) is 0 Å². The predicted octanol–water partition coefficient (Wildman–Crippen LogP) is 1.05. The van der Waals surface area contributed by atoms with Crippen molar-refractivity contribution in [2.75, 3.05) is 33.6 Å². The number of aliphatic carboxylic acids is 1. The van der Waals surface area contributed by atoms with Crippen LogP contribution in [0.1, 0.15) is 6.42 Å². The van der Waals surface area contributed by atoms with Crippen molar-refractivity contribution < 1.29 is 24.2 Å². The van der Waals surface area contributed by atoms with E-state index in [9.17, 15) is 9.59 Å². The van der Waals surface area contributed by atoms with Gasteiger partial charge >= 0.3 is 5.97 Å².